The Bertz CT molecular complexity index is 436. The summed E-state index contributed by atoms with van der Waals surface area (Å²) < 4.78 is 0. The molecule has 0 bridgehead atoms. The van der Waals surface area contributed by atoms with E-state index >= 15 is 0 Å². The van der Waals surface area contributed by atoms with Gasteiger partial charge in [-0.25, -0.2) is 4.79 Å². The number of Topliss-reactive ketones (excluding diaryl/α,β-unsaturated/α-hetero) is 4. The average molecular weight is 733 g/mol. The van der Waals surface area contributed by atoms with Crippen LogP contribution in [0, 0.1) is 113 Å². The molecule has 0 aromatic carbocycles. The molecule has 0 spiro atoms. The van der Waals surface area contributed by atoms with Gasteiger partial charge in [0, 0.05) is 134 Å². The third-order valence-corrected chi connectivity index (χ3v) is 0. The summed E-state index contributed by atoms with van der Waals surface area (Å²) in [6.07, 6.45) is -1.83. The van der Waals surface area contributed by atoms with E-state index in [1.54, 1.807) is 0 Å². The molecule has 276 valence electrons. The van der Waals surface area contributed by atoms with Crippen LogP contribution in [0.15, 0.2) is 0 Å². The number of rotatable bonds is 0. The van der Waals surface area contributed by atoms with Gasteiger partial charge >= 0.3 is 6.16 Å². The van der Waals surface area contributed by atoms with Crippen LogP contribution in [0.2, 0.25) is 0 Å². The van der Waals surface area contributed by atoms with E-state index in [9.17, 15) is 28.8 Å². The Balaban J connectivity index is -0.0000000121. The van der Waals surface area contributed by atoms with E-state index in [0.29, 0.717) is 0 Å². The number of carboxylic acid groups (broad SMARTS) is 3. The average Bonchev–Trinajstić information content (AvgIpc) is 2.62. The van der Waals surface area contributed by atoms with E-state index in [1.165, 1.54) is 69.2 Å². The van der Waals surface area contributed by atoms with Crippen LogP contribution in [0.3, 0.4) is 0 Å². The van der Waals surface area contributed by atoms with Crippen molar-refractivity contribution in [2.75, 3.05) is 0 Å². The molecule has 0 heterocycles. The minimum Gasteiger partial charge on any atom is -0.481 e. The summed E-state index contributed by atoms with van der Waals surface area (Å²) in [7, 11) is 0. The van der Waals surface area contributed by atoms with Crippen LogP contribution < -0.4 is 23.8 Å². The van der Waals surface area contributed by atoms with Crippen LogP contribution in [0.1, 0.15) is 83.6 Å². The maximum absolute atomic E-state index is 9.44. The van der Waals surface area contributed by atoms with Gasteiger partial charge in [0.2, 0.25) is 11.8 Å². The van der Waals surface area contributed by atoms with Gasteiger partial charge in [0.1, 0.15) is 43.5 Å². The molecule has 44 heavy (non-hydrogen) atoms. The maximum Gasteiger partial charge on any atom is 0.503 e. The zero-order chi connectivity index (χ0) is 34.6. The molecule has 21 heteroatoms. The molecule has 0 rings (SSSR count). The summed E-state index contributed by atoms with van der Waals surface area (Å²) in [5.74, 6) is -0.833. The van der Waals surface area contributed by atoms with Gasteiger partial charge in [0.25, 0.3) is 5.97 Å². The summed E-state index contributed by atoms with van der Waals surface area (Å²) in [5.41, 5.74) is 8.94. The number of amides is 2. The SMILES string of the molecule is C.C=O.C=O.C=O.CC(=O)O.CC(C)=O.CC(C)=O.CC(C)=O.CC(C)=O.CC(N)=O.CC(N)=O.N.N.O=C(O)O.[Ar].[Ar].[Ar]. The number of carbonyl (C=O) groups is 11. The summed E-state index contributed by atoms with van der Waals surface area (Å²) in [4.78, 5) is 97.8. The fraction of sp³-hybridized carbons (Fsp3) is 0.522. The standard InChI is InChI=1S/4C3H6O.2C2H5NO.C2H4O2.CH2O3.3CH2O.CH4.3Ar.2H3N/c4*1-3(2)4;3*1-2(3)4;2-1(3)4;3*1-2;;;;;;/h4*1-2H3;2*1H3,(H2,3,4);1H3,(H,3,4);(H2,2,3,4);3*1H2;1H4;;;;2*1H3. The zero-order valence-corrected chi connectivity index (χ0v) is 28.7. The molecule has 0 saturated heterocycles. The molecule has 18 nitrogen and oxygen atoms in total. The molecule has 2 amide bonds. The first kappa shape index (κ1) is 112. The fourth-order valence-corrected chi connectivity index (χ4v) is 0. The number of carbonyl (C=O) groups excluding carboxylic acids is 9. The Kier molecular flexibility index (Phi) is 340. The van der Waals surface area contributed by atoms with Crippen LogP contribution >= 0.6 is 0 Å². The minimum absolute atomic E-state index is 0. The van der Waals surface area contributed by atoms with Crippen LogP contribution in [-0.2, 0) is 47.9 Å². The van der Waals surface area contributed by atoms with Gasteiger partial charge in [-0.3, -0.25) is 14.4 Å². The molecule has 0 unspecified atom stereocenters. The normalized spacial score (nSPS) is 4.89. The summed E-state index contributed by atoms with van der Waals surface area (Å²) >= 11 is 0. The van der Waals surface area contributed by atoms with Crippen molar-refractivity contribution in [1.82, 2.24) is 12.3 Å². The van der Waals surface area contributed by atoms with Gasteiger partial charge in [-0.05, 0) is 55.4 Å². The van der Waals surface area contributed by atoms with Gasteiger partial charge in [-0.15, -0.1) is 0 Å². The van der Waals surface area contributed by atoms with Gasteiger partial charge in [0.15, 0.2) is 0 Å². The van der Waals surface area contributed by atoms with Crippen molar-refractivity contribution in [3.05, 3.63) is 0 Å². The number of nitrogens with two attached hydrogens (primary N) is 2. The second kappa shape index (κ2) is 133. The van der Waals surface area contributed by atoms with E-state index in [0.717, 1.165) is 6.92 Å². The van der Waals surface area contributed by atoms with Crippen molar-refractivity contribution in [1.29, 1.82) is 0 Å². The molecule has 0 aromatic heterocycles. The van der Waals surface area contributed by atoms with E-state index < -0.39 is 12.1 Å². The molecular weight excluding hydrogens is 676 g/mol. The first-order valence-corrected chi connectivity index (χ1v) is 9.25. The molecule has 0 aliphatic rings. The quantitative estimate of drug-likeness (QED) is 0.187. The molecular formula is C23H56Ar3N4O14. The van der Waals surface area contributed by atoms with Crippen LogP contribution in [0.25, 0.3) is 0 Å². The van der Waals surface area contributed by atoms with Crippen molar-refractivity contribution >= 4 is 67.4 Å². The molecule has 0 aromatic rings. The van der Waals surface area contributed by atoms with Gasteiger partial charge in [0.05, 0.1) is 0 Å². The first-order chi connectivity index (χ1) is 16.9. The molecule has 0 fully saturated rings. The van der Waals surface area contributed by atoms with Crippen molar-refractivity contribution in [3.8, 4) is 0 Å². The van der Waals surface area contributed by atoms with Crippen molar-refractivity contribution in [2.45, 2.75) is 83.6 Å². The number of hydrogen-bond donors (Lipinski definition) is 7. The molecule has 0 aliphatic carbocycles. The summed E-state index contributed by atoms with van der Waals surface area (Å²) in [5, 5.41) is 21.4. The molecule has 0 aliphatic heterocycles. The Morgan fingerprint density at radius 3 is 0.409 bits per heavy atom. The van der Waals surface area contributed by atoms with Gasteiger partial charge in [-0.2, -0.15) is 0 Å². The third kappa shape index (κ3) is 76100. The number of primary amides is 2. The van der Waals surface area contributed by atoms with Crippen LogP contribution in [-0.4, -0.2) is 82.8 Å². The van der Waals surface area contributed by atoms with Crippen molar-refractivity contribution < 1.29 is 181 Å². The number of aliphatic carboxylic acids is 1. The Labute approximate surface area is 351 Å². The Morgan fingerprint density at radius 1 is 0.409 bits per heavy atom. The van der Waals surface area contributed by atoms with E-state index in [2.05, 4.69) is 11.5 Å². The smallest absolute Gasteiger partial charge is 0.481 e. The summed E-state index contributed by atoms with van der Waals surface area (Å²) in [6, 6.07) is 0. The van der Waals surface area contributed by atoms with E-state index in [1.807, 2.05) is 20.4 Å². The van der Waals surface area contributed by atoms with Crippen LogP contribution in [0.4, 0.5) is 4.79 Å². The Hall–Kier alpha value is -0.931. The van der Waals surface area contributed by atoms with Gasteiger partial charge < -0.3 is 72.6 Å². The van der Waals surface area contributed by atoms with E-state index in [-0.39, 0.29) is 168 Å². The van der Waals surface area contributed by atoms with Crippen molar-refractivity contribution in [2.24, 2.45) is 11.5 Å². The minimum atomic E-state index is -1.83. The summed E-state index contributed by atoms with van der Waals surface area (Å²) in [6.45, 7) is 21.9. The van der Waals surface area contributed by atoms with Gasteiger partial charge in [-0.1, -0.05) is 7.43 Å². The molecule has 0 saturated carbocycles. The topological polar surface area (TPSA) is 371 Å². The Morgan fingerprint density at radius 2 is 0.409 bits per heavy atom. The fourth-order valence-electron chi connectivity index (χ4n) is 0. The molecule has 0 radical (unpaired) electrons. The van der Waals surface area contributed by atoms with E-state index in [4.69, 9.17) is 39.3 Å². The number of carboxylic acids is 1. The predicted octanol–water partition coefficient (Wildman–Crippen LogP) is 2.08. The second-order valence-corrected chi connectivity index (χ2v) is 5.66. The monoisotopic (exact) mass is 732 g/mol. The molecule has 0 atom stereocenters. The third-order valence-electron chi connectivity index (χ3n) is 0. The predicted molar refractivity (Wildman–Crippen MR) is 157 cm³/mol. The zero-order valence-electron chi connectivity index (χ0n) is 26.6. The maximum atomic E-state index is 9.44. The van der Waals surface area contributed by atoms with Crippen LogP contribution in [0.5, 0.6) is 0 Å². The first-order valence-electron chi connectivity index (χ1n) is 9.25. The largest absolute Gasteiger partial charge is 0.503 e. The number of hydrogen-bond acceptors (Lipinski definition) is 13. The molecule has 13 N–H and O–H groups in total. The van der Waals surface area contributed by atoms with Crippen molar-refractivity contribution in [3.63, 3.8) is 0 Å². The second-order valence-electron chi connectivity index (χ2n) is 5.66. The number of ketones is 4.